The molecule has 1 aromatic heterocycles. The Morgan fingerprint density at radius 1 is 1.29 bits per heavy atom. The van der Waals surface area contributed by atoms with Crippen molar-refractivity contribution in [1.82, 2.24) is 4.57 Å². The van der Waals surface area contributed by atoms with Crippen molar-refractivity contribution in [3.63, 3.8) is 0 Å². The van der Waals surface area contributed by atoms with Crippen LogP contribution in [0.3, 0.4) is 0 Å². The highest BCUT2D eigenvalue weighted by Gasteiger charge is 2.12. The van der Waals surface area contributed by atoms with Crippen molar-refractivity contribution in [1.29, 1.82) is 0 Å². The molecule has 0 aliphatic rings. The van der Waals surface area contributed by atoms with E-state index in [1.54, 1.807) is 42.0 Å². The number of rotatable bonds is 4. The molecule has 0 aliphatic heterocycles. The Kier molecular flexibility index (Phi) is 5.23. The summed E-state index contributed by atoms with van der Waals surface area (Å²) < 4.78 is 22.6. The first-order chi connectivity index (χ1) is 11.6. The van der Waals surface area contributed by atoms with Crippen LogP contribution in [-0.2, 0) is 11.3 Å². The van der Waals surface area contributed by atoms with Crippen LogP contribution in [0.1, 0.15) is 10.4 Å². The van der Waals surface area contributed by atoms with Gasteiger partial charge in [0.05, 0.1) is 16.8 Å². The predicted molar refractivity (Wildman–Crippen MR) is 95.7 cm³/mol. The van der Waals surface area contributed by atoms with Crippen molar-refractivity contribution in [3.8, 4) is 0 Å². The van der Waals surface area contributed by atoms with E-state index in [1.165, 1.54) is 17.4 Å². The summed E-state index contributed by atoms with van der Waals surface area (Å²) in [5.41, 5.74) is 0.927. The maximum atomic E-state index is 14.2. The minimum atomic E-state index is -0.361. The van der Waals surface area contributed by atoms with Gasteiger partial charge in [-0.1, -0.05) is 33.3 Å². The zero-order chi connectivity index (χ0) is 17.1. The third-order valence-electron chi connectivity index (χ3n) is 3.46. The number of methoxy groups -OCH3 is 1. The fourth-order valence-corrected chi connectivity index (χ4v) is 3.64. The quantitative estimate of drug-likeness (QED) is 0.654. The normalized spacial score (nSPS) is 12.0. The number of para-hydroxylation sites is 1. The number of fused-ring (bicyclic) bond motifs is 1. The van der Waals surface area contributed by atoms with Crippen molar-refractivity contribution in [2.75, 3.05) is 13.7 Å². The van der Waals surface area contributed by atoms with Crippen LogP contribution in [0.5, 0.6) is 0 Å². The summed E-state index contributed by atoms with van der Waals surface area (Å²) in [6.45, 7) is 0.823. The lowest BCUT2D eigenvalue weighted by Crippen LogP contribution is -2.19. The van der Waals surface area contributed by atoms with Gasteiger partial charge in [0.25, 0.3) is 5.91 Å². The summed E-state index contributed by atoms with van der Waals surface area (Å²) in [5, 5.41) is 0. The van der Waals surface area contributed by atoms with E-state index in [2.05, 4.69) is 20.9 Å². The summed E-state index contributed by atoms with van der Waals surface area (Å²) in [6.07, 6.45) is 0. The molecule has 24 heavy (non-hydrogen) atoms. The van der Waals surface area contributed by atoms with Crippen LogP contribution in [0.25, 0.3) is 10.2 Å². The number of ether oxygens (including phenoxy) is 1. The van der Waals surface area contributed by atoms with Gasteiger partial charge in [0.15, 0.2) is 4.80 Å². The number of nitrogens with zero attached hydrogens (tertiary/aromatic N) is 2. The molecule has 0 bridgehead atoms. The fourth-order valence-electron chi connectivity index (χ4n) is 2.31. The van der Waals surface area contributed by atoms with Crippen LogP contribution in [0, 0.1) is 5.82 Å². The van der Waals surface area contributed by atoms with Crippen LogP contribution in [-0.4, -0.2) is 24.2 Å². The molecule has 3 rings (SSSR count). The second-order valence-electron chi connectivity index (χ2n) is 5.04. The van der Waals surface area contributed by atoms with E-state index < -0.39 is 0 Å². The molecule has 0 atom stereocenters. The molecule has 0 radical (unpaired) electrons. The van der Waals surface area contributed by atoms with Crippen molar-refractivity contribution < 1.29 is 13.9 Å². The predicted octanol–water partition coefficient (Wildman–Crippen LogP) is 3.99. The highest BCUT2D eigenvalue weighted by molar-refractivity contribution is 9.10. The molecule has 0 saturated heterocycles. The minimum absolute atomic E-state index is 0.336. The van der Waals surface area contributed by atoms with Gasteiger partial charge >= 0.3 is 0 Å². The van der Waals surface area contributed by atoms with Crippen LogP contribution in [0.2, 0.25) is 0 Å². The van der Waals surface area contributed by atoms with E-state index in [4.69, 9.17) is 4.74 Å². The number of halogens is 2. The van der Waals surface area contributed by atoms with Crippen LogP contribution < -0.4 is 4.80 Å². The molecule has 1 amide bonds. The Balaban J connectivity index is 2.12. The van der Waals surface area contributed by atoms with Gasteiger partial charge in [-0.3, -0.25) is 4.79 Å². The first-order valence-electron chi connectivity index (χ1n) is 7.21. The van der Waals surface area contributed by atoms with Gasteiger partial charge in [0.2, 0.25) is 0 Å². The Bertz CT molecular complexity index is 947. The molecule has 0 saturated carbocycles. The largest absolute Gasteiger partial charge is 0.383 e. The molecule has 124 valence electrons. The number of carbonyl (C=O) groups excluding carboxylic acids is 1. The first-order valence-corrected chi connectivity index (χ1v) is 8.82. The SMILES string of the molecule is COCCn1c(=NC(=O)c2ccc(Br)cc2)sc2cccc(F)c21. The van der Waals surface area contributed by atoms with E-state index in [-0.39, 0.29) is 11.7 Å². The van der Waals surface area contributed by atoms with Gasteiger partial charge in [-0.05, 0) is 36.4 Å². The number of carbonyl (C=O) groups is 1. The molecule has 4 nitrogen and oxygen atoms in total. The lowest BCUT2D eigenvalue weighted by Gasteiger charge is -2.04. The summed E-state index contributed by atoms with van der Waals surface area (Å²) >= 11 is 4.62. The standard InChI is InChI=1S/C17H14BrFN2O2S/c1-23-10-9-21-15-13(19)3-2-4-14(15)24-17(21)20-16(22)11-5-7-12(18)8-6-11/h2-8H,9-10H2,1H3. The fraction of sp³-hybridized carbons (Fsp3) is 0.176. The van der Waals surface area contributed by atoms with Gasteiger partial charge in [-0.25, -0.2) is 4.39 Å². The summed E-state index contributed by atoms with van der Waals surface area (Å²) in [7, 11) is 1.58. The van der Waals surface area contributed by atoms with E-state index in [1.807, 2.05) is 6.07 Å². The minimum Gasteiger partial charge on any atom is -0.383 e. The molecule has 0 aliphatic carbocycles. The highest BCUT2D eigenvalue weighted by Crippen LogP contribution is 2.20. The zero-order valence-electron chi connectivity index (χ0n) is 12.8. The van der Waals surface area contributed by atoms with Gasteiger partial charge in [-0.15, -0.1) is 0 Å². The second kappa shape index (κ2) is 7.38. The van der Waals surface area contributed by atoms with Crippen LogP contribution in [0.15, 0.2) is 51.9 Å². The molecule has 3 aromatic rings. The number of benzene rings is 2. The van der Waals surface area contributed by atoms with E-state index in [9.17, 15) is 9.18 Å². The van der Waals surface area contributed by atoms with Gasteiger partial charge < -0.3 is 9.30 Å². The van der Waals surface area contributed by atoms with Crippen LogP contribution in [0.4, 0.5) is 4.39 Å². The van der Waals surface area contributed by atoms with Crippen molar-refractivity contribution in [2.24, 2.45) is 4.99 Å². The Hall–Kier alpha value is -1.83. The molecule has 1 heterocycles. The van der Waals surface area contributed by atoms with Gasteiger partial charge in [-0.2, -0.15) is 4.99 Å². The molecule has 7 heteroatoms. The molecule has 0 N–H and O–H groups in total. The van der Waals surface area contributed by atoms with E-state index >= 15 is 0 Å². The second-order valence-corrected chi connectivity index (χ2v) is 6.96. The number of amides is 1. The average Bonchev–Trinajstić information content (AvgIpc) is 2.92. The maximum Gasteiger partial charge on any atom is 0.279 e. The summed E-state index contributed by atoms with van der Waals surface area (Å²) in [5.74, 6) is -0.696. The first kappa shape index (κ1) is 17.0. The van der Waals surface area contributed by atoms with Crippen molar-refractivity contribution >= 4 is 43.4 Å². The summed E-state index contributed by atoms with van der Waals surface area (Å²) in [4.78, 5) is 17.1. The maximum absolute atomic E-state index is 14.2. The molecule has 0 spiro atoms. The topological polar surface area (TPSA) is 43.6 Å². The average molecular weight is 409 g/mol. The molecular weight excluding hydrogens is 395 g/mol. The highest BCUT2D eigenvalue weighted by atomic mass is 79.9. The lowest BCUT2D eigenvalue weighted by atomic mass is 10.2. The van der Waals surface area contributed by atoms with E-state index in [0.717, 1.165) is 9.17 Å². The van der Waals surface area contributed by atoms with Crippen molar-refractivity contribution in [3.05, 3.63) is 63.1 Å². The Morgan fingerprint density at radius 2 is 2.04 bits per heavy atom. The molecule has 0 fully saturated rings. The number of hydrogen-bond donors (Lipinski definition) is 0. The number of aromatic nitrogens is 1. The third-order valence-corrected chi connectivity index (χ3v) is 5.03. The van der Waals surface area contributed by atoms with Crippen LogP contribution >= 0.6 is 27.3 Å². The zero-order valence-corrected chi connectivity index (χ0v) is 15.2. The van der Waals surface area contributed by atoms with E-state index in [0.29, 0.717) is 29.0 Å². The number of hydrogen-bond acceptors (Lipinski definition) is 3. The van der Waals surface area contributed by atoms with Crippen molar-refractivity contribution in [2.45, 2.75) is 6.54 Å². The Labute approximate surface area is 150 Å². The van der Waals surface area contributed by atoms with Gasteiger partial charge in [0.1, 0.15) is 5.82 Å². The molecule has 2 aromatic carbocycles. The summed E-state index contributed by atoms with van der Waals surface area (Å²) in [6, 6.07) is 11.8. The lowest BCUT2D eigenvalue weighted by molar-refractivity contribution is 0.0997. The smallest absolute Gasteiger partial charge is 0.279 e. The molecular formula is C17H14BrFN2O2S. The van der Waals surface area contributed by atoms with Gasteiger partial charge in [0, 0.05) is 23.7 Å². The molecule has 0 unspecified atom stereocenters. The number of thiazole rings is 1. The Morgan fingerprint density at radius 3 is 2.75 bits per heavy atom. The third kappa shape index (κ3) is 3.48. The monoisotopic (exact) mass is 408 g/mol.